The van der Waals surface area contributed by atoms with E-state index in [4.69, 9.17) is 5.26 Å². The summed E-state index contributed by atoms with van der Waals surface area (Å²) in [7, 11) is 0. The van der Waals surface area contributed by atoms with Crippen molar-refractivity contribution in [1.82, 2.24) is 0 Å². The van der Waals surface area contributed by atoms with Crippen LogP contribution in [0.1, 0.15) is 31.7 Å². The number of hydrogen-bond acceptors (Lipinski definition) is 2. The van der Waals surface area contributed by atoms with Gasteiger partial charge in [-0.1, -0.05) is 12.1 Å². The Balaban J connectivity index is 2.65. The largest absolute Gasteiger partial charge is 0.381 e. The number of anilines is 1. The van der Waals surface area contributed by atoms with Gasteiger partial charge in [-0.15, -0.1) is 6.58 Å². The summed E-state index contributed by atoms with van der Waals surface area (Å²) in [5.74, 6) is -0.476. The molecule has 17 heavy (non-hydrogen) atoms. The van der Waals surface area contributed by atoms with E-state index in [2.05, 4.69) is 11.9 Å². The zero-order chi connectivity index (χ0) is 12.7. The zero-order valence-electron chi connectivity index (χ0n) is 10.0. The quantitative estimate of drug-likeness (QED) is 0.597. The number of nitrogens with zero attached hydrogens (tertiary/aromatic N) is 1. The lowest BCUT2D eigenvalue weighted by molar-refractivity contribution is 0.622. The van der Waals surface area contributed by atoms with Crippen molar-refractivity contribution in [3.63, 3.8) is 0 Å². The van der Waals surface area contributed by atoms with E-state index in [0.29, 0.717) is 5.69 Å². The summed E-state index contributed by atoms with van der Waals surface area (Å²) in [5.41, 5.74) is 0.654. The zero-order valence-corrected chi connectivity index (χ0v) is 10.0. The van der Waals surface area contributed by atoms with Crippen LogP contribution >= 0.6 is 0 Å². The third kappa shape index (κ3) is 3.92. The monoisotopic (exact) mass is 232 g/mol. The fourth-order valence-electron chi connectivity index (χ4n) is 1.66. The molecule has 2 nitrogen and oxygen atoms in total. The lowest BCUT2D eigenvalue weighted by Gasteiger charge is -2.15. The Kier molecular flexibility index (Phi) is 5.22. The number of nitrogens with one attached hydrogen (secondary N) is 1. The van der Waals surface area contributed by atoms with Crippen LogP contribution in [0.15, 0.2) is 30.9 Å². The molecule has 0 bridgehead atoms. The van der Waals surface area contributed by atoms with Gasteiger partial charge in [0.15, 0.2) is 0 Å². The van der Waals surface area contributed by atoms with Gasteiger partial charge in [0.2, 0.25) is 0 Å². The molecule has 0 heterocycles. The molecular weight excluding hydrogens is 215 g/mol. The molecule has 3 heteroatoms. The summed E-state index contributed by atoms with van der Waals surface area (Å²) >= 11 is 0. The van der Waals surface area contributed by atoms with Gasteiger partial charge in [-0.3, -0.25) is 0 Å². The number of nitriles is 1. The van der Waals surface area contributed by atoms with Gasteiger partial charge in [-0.05, 0) is 38.3 Å². The highest BCUT2D eigenvalue weighted by molar-refractivity contribution is 5.58. The Morgan fingerprint density at radius 3 is 3.00 bits per heavy atom. The number of allylic oxidation sites excluding steroid dienone is 1. The number of unbranched alkanes of at least 4 members (excludes halogenated alkanes) is 1. The predicted octanol–water partition coefficient (Wildman–Crippen LogP) is 3.85. The smallest absolute Gasteiger partial charge is 0.143 e. The lowest BCUT2D eigenvalue weighted by Crippen LogP contribution is -2.16. The molecular formula is C14H17FN2. The second kappa shape index (κ2) is 6.70. The van der Waals surface area contributed by atoms with E-state index in [9.17, 15) is 4.39 Å². The number of benzene rings is 1. The first-order valence-electron chi connectivity index (χ1n) is 5.75. The van der Waals surface area contributed by atoms with Gasteiger partial charge in [0.05, 0.1) is 5.69 Å². The first-order chi connectivity index (χ1) is 8.19. The minimum atomic E-state index is -0.476. The van der Waals surface area contributed by atoms with E-state index in [0.717, 1.165) is 19.3 Å². The summed E-state index contributed by atoms with van der Waals surface area (Å²) in [6.07, 6.45) is 4.86. The van der Waals surface area contributed by atoms with Crippen molar-refractivity contribution in [1.29, 1.82) is 5.26 Å². The number of rotatable bonds is 6. The molecule has 1 atom stereocenters. The molecule has 0 aromatic heterocycles. The van der Waals surface area contributed by atoms with Crippen molar-refractivity contribution >= 4 is 5.69 Å². The van der Waals surface area contributed by atoms with Gasteiger partial charge < -0.3 is 5.32 Å². The normalized spacial score (nSPS) is 11.6. The average molecular weight is 232 g/mol. The summed E-state index contributed by atoms with van der Waals surface area (Å²) in [6, 6.07) is 6.73. The number of halogens is 1. The minimum absolute atomic E-state index is 0.0862. The highest BCUT2D eigenvalue weighted by Crippen LogP contribution is 2.19. The summed E-state index contributed by atoms with van der Waals surface area (Å²) in [4.78, 5) is 0. The van der Waals surface area contributed by atoms with Crippen molar-refractivity contribution in [2.75, 3.05) is 5.32 Å². The van der Waals surface area contributed by atoms with Gasteiger partial charge in [0.1, 0.15) is 17.4 Å². The molecule has 90 valence electrons. The molecule has 1 rings (SSSR count). The van der Waals surface area contributed by atoms with Crippen LogP contribution in [0.4, 0.5) is 10.1 Å². The molecule has 0 aliphatic heterocycles. The van der Waals surface area contributed by atoms with Gasteiger partial charge in [-0.25, -0.2) is 4.39 Å². The maximum absolute atomic E-state index is 13.3. The Morgan fingerprint density at radius 2 is 2.35 bits per heavy atom. The van der Waals surface area contributed by atoms with E-state index >= 15 is 0 Å². The van der Waals surface area contributed by atoms with E-state index in [1.54, 1.807) is 12.1 Å². The topological polar surface area (TPSA) is 35.8 Å². The maximum Gasteiger partial charge on any atom is 0.143 e. The van der Waals surface area contributed by atoms with Gasteiger partial charge in [0, 0.05) is 6.04 Å². The SMILES string of the molecule is C=CCCCC(C)Nc1cccc(F)c1C#N. The summed E-state index contributed by atoms with van der Waals surface area (Å²) in [5, 5.41) is 12.0. The maximum atomic E-state index is 13.3. The molecule has 1 aromatic carbocycles. The van der Waals surface area contributed by atoms with Gasteiger partial charge >= 0.3 is 0 Å². The average Bonchev–Trinajstić information content (AvgIpc) is 2.29. The molecule has 0 spiro atoms. The first-order valence-corrected chi connectivity index (χ1v) is 5.75. The van der Waals surface area contributed by atoms with Crippen LogP contribution in [-0.4, -0.2) is 6.04 Å². The fraction of sp³-hybridized carbons (Fsp3) is 0.357. The second-order valence-electron chi connectivity index (χ2n) is 4.04. The van der Waals surface area contributed by atoms with Crippen LogP contribution in [0.2, 0.25) is 0 Å². The van der Waals surface area contributed by atoms with Crippen LogP contribution < -0.4 is 5.32 Å². The van der Waals surface area contributed by atoms with Crippen molar-refractivity contribution in [2.24, 2.45) is 0 Å². The van der Waals surface area contributed by atoms with Crippen LogP contribution in [0.25, 0.3) is 0 Å². The van der Waals surface area contributed by atoms with Crippen molar-refractivity contribution in [3.8, 4) is 6.07 Å². The number of hydrogen-bond donors (Lipinski definition) is 1. The van der Waals surface area contributed by atoms with E-state index in [1.807, 2.05) is 19.1 Å². The van der Waals surface area contributed by atoms with Crippen LogP contribution in [-0.2, 0) is 0 Å². The van der Waals surface area contributed by atoms with Crippen LogP contribution in [0.3, 0.4) is 0 Å². The molecule has 0 aliphatic carbocycles. The molecule has 0 aliphatic rings. The molecule has 0 amide bonds. The van der Waals surface area contributed by atoms with E-state index in [1.165, 1.54) is 6.07 Å². The Hall–Kier alpha value is -1.82. The second-order valence-corrected chi connectivity index (χ2v) is 4.04. The van der Waals surface area contributed by atoms with Crippen molar-refractivity contribution in [2.45, 2.75) is 32.2 Å². The van der Waals surface area contributed by atoms with E-state index in [-0.39, 0.29) is 11.6 Å². The van der Waals surface area contributed by atoms with Gasteiger partial charge in [-0.2, -0.15) is 5.26 Å². The lowest BCUT2D eigenvalue weighted by atomic mass is 10.1. The Morgan fingerprint density at radius 1 is 1.59 bits per heavy atom. The molecule has 1 aromatic rings. The Labute approximate surface area is 102 Å². The van der Waals surface area contributed by atoms with Crippen molar-refractivity contribution < 1.29 is 4.39 Å². The minimum Gasteiger partial charge on any atom is -0.381 e. The summed E-state index contributed by atoms with van der Waals surface area (Å²) in [6.45, 7) is 5.69. The molecule has 0 saturated heterocycles. The standard InChI is InChI=1S/C14H17FN2/c1-3-4-5-7-11(2)17-14-9-6-8-13(15)12(14)10-16/h3,6,8-9,11,17H,1,4-5,7H2,2H3. The van der Waals surface area contributed by atoms with Crippen LogP contribution in [0.5, 0.6) is 0 Å². The third-order valence-corrected chi connectivity index (χ3v) is 2.57. The fourth-order valence-corrected chi connectivity index (χ4v) is 1.66. The predicted molar refractivity (Wildman–Crippen MR) is 68.2 cm³/mol. The molecule has 0 radical (unpaired) electrons. The Bertz CT molecular complexity index is 421. The van der Waals surface area contributed by atoms with Crippen molar-refractivity contribution in [3.05, 3.63) is 42.2 Å². The molecule has 1 unspecified atom stereocenters. The highest BCUT2D eigenvalue weighted by atomic mass is 19.1. The first kappa shape index (κ1) is 13.2. The van der Waals surface area contributed by atoms with E-state index < -0.39 is 5.82 Å². The van der Waals surface area contributed by atoms with Crippen LogP contribution in [0, 0.1) is 17.1 Å². The molecule has 0 fully saturated rings. The molecule has 0 saturated carbocycles. The third-order valence-electron chi connectivity index (χ3n) is 2.57. The summed E-state index contributed by atoms with van der Waals surface area (Å²) < 4.78 is 13.3. The van der Waals surface area contributed by atoms with Gasteiger partial charge in [0.25, 0.3) is 0 Å². The molecule has 1 N–H and O–H groups in total. The highest BCUT2D eigenvalue weighted by Gasteiger charge is 2.09.